The van der Waals surface area contributed by atoms with Crippen molar-refractivity contribution in [2.75, 3.05) is 52.4 Å². The maximum Gasteiger partial charge on any atom is 0.407 e. The molecule has 5 aromatic rings. The molecule has 13 amide bonds. The molecule has 0 fully saturated rings. The van der Waals surface area contributed by atoms with E-state index in [2.05, 4.69) is 79.8 Å². The zero-order valence-corrected chi connectivity index (χ0v) is 77.3. The van der Waals surface area contributed by atoms with Crippen LogP contribution in [-0.4, -0.2) is 304 Å². The van der Waals surface area contributed by atoms with Gasteiger partial charge in [0.25, 0.3) is 0 Å². The van der Waals surface area contributed by atoms with Gasteiger partial charge >= 0.3 is 515 Å². The number of ether oxygens (including phenoxy) is 1. The summed E-state index contributed by atoms with van der Waals surface area (Å²) in [7, 11) is 46.5. The van der Waals surface area contributed by atoms with Crippen molar-refractivity contribution in [3.05, 3.63) is 167 Å². The third-order valence-electron chi connectivity index (χ3n) is 21.1. The molecule has 6 rings (SSSR count). The molecule has 0 saturated carbocycles. The van der Waals surface area contributed by atoms with Crippen LogP contribution in [0, 0.1) is 17.8 Å². The molecule has 5 aromatic carbocycles. The fraction of sp³-hybridized carbons (Fsp3) is 0.434. The molecule has 1 aliphatic carbocycles. The Morgan fingerprint density at radius 3 is 1.12 bits per heavy atom. The maximum absolute atomic E-state index is 15.1. The first-order chi connectivity index (χ1) is 62.9. The van der Waals surface area contributed by atoms with Gasteiger partial charge in [0.2, 0.25) is 23.6 Å². The molecule has 1 aliphatic rings. The molecule has 49 heteroatoms. The van der Waals surface area contributed by atoms with Crippen LogP contribution in [-0.2, 0) is 95.9 Å². The van der Waals surface area contributed by atoms with Crippen molar-refractivity contribution in [1.82, 2.24) is 74.4 Å². The number of hydrogen-bond acceptors (Lipinski definition) is 18. The van der Waals surface area contributed by atoms with E-state index >= 15 is 4.79 Å². The minimum atomic E-state index is -2.89. The average molecular weight is 1830 g/mol. The minimum absolute atomic E-state index is 0.0166. The molecule has 0 spiro atoms. The van der Waals surface area contributed by atoms with Gasteiger partial charge in [-0.1, -0.05) is 115 Å². The number of alkyl carbamates (subject to hydrolysis) is 1. The number of amides is 13. The first-order valence-electron chi connectivity index (χ1n) is 42.9. The van der Waals surface area contributed by atoms with E-state index in [-0.39, 0.29) is 77.8 Å². The Morgan fingerprint density at radius 2 is 0.727 bits per heavy atom. The van der Waals surface area contributed by atoms with Crippen LogP contribution >= 0.6 is 25.7 Å². The van der Waals surface area contributed by atoms with E-state index in [4.69, 9.17) is 74.1 Å². The van der Waals surface area contributed by atoms with Gasteiger partial charge in [0.1, 0.15) is 18.7 Å². The molecular weight excluding hydrogens is 1720 g/mol. The molecule has 669 valence electrons. The van der Waals surface area contributed by atoms with Crippen molar-refractivity contribution in [2.45, 2.75) is 160 Å². The zero-order chi connectivity index (χ0) is 97.2. The van der Waals surface area contributed by atoms with Crippen LogP contribution in [0.25, 0.3) is 11.1 Å². The van der Waals surface area contributed by atoms with Gasteiger partial charge in [0.15, 0.2) is 0 Å². The predicted molar refractivity (Wildman–Crippen MR) is 529 cm³/mol. The van der Waals surface area contributed by atoms with E-state index in [0.717, 1.165) is 46.4 Å². The number of carbonyl (C=O) groups excluding carboxylic acids is 16. The van der Waals surface area contributed by atoms with E-state index in [1.54, 1.807) is 105 Å². The van der Waals surface area contributed by atoms with Crippen molar-refractivity contribution in [3.8, 4) is 11.1 Å². The normalized spacial score (nSPS) is 13.2. The van der Waals surface area contributed by atoms with Crippen molar-refractivity contribution >= 4 is 229 Å². The van der Waals surface area contributed by atoms with Gasteiger partial charge in [-0.15, -0.1) is 0 Å². The maximum atomic E-state index is 15.1. The van der Waals surface area contributed by atoms with Crippen molar-refractivity contribution in [3.63, 3.8) is 0 Å². The fourth-order valence-corrected chi connectivity index (χ4v) is 17.3. The first-order valence-corrected chi connectivity index (χ1v) is 47.5. The number of hydrogen-bond donors (Lipinski definition) is 14. The molecule has 31 nitrogen and oxygen atoms in total. The second-order valence-corrected chi connectivity index (χ2v) is 39.6. The van der Waals surface area contributed by atoms with Crippen molar-refractivity contribution in [1.29, 1.82) is 0 Å². The largest absolute Gasteiger partial charge is 0.449 e. The smallest absolute Gasteiger partial charge is 0.407 e. The van der Waals surface area contributed by atoms with Crippen molar-refractivity contribution in [2.24, 2.45) is 17.8 Å². The molecule has 0 aliphatic heterocycles. The summed E-state index contributed by atoms with van der Waals surface area (Å²) in [6, 6.07) is 33.8. The molecule has 14 N–H and O–H groups in total. The van der Waals surface area contributed by atoms with Crippen LogP contribution in [0.4, 0.5) is 4.79 Å². The summed E-state index contributed by atoms with van der Waals surface area (Å²) < 4.78 is 5.86. The molecule has 8 unspecified atom stereocenters. The summed E-state index contributed by atoms with van der Waals surface area (Å²) in [5.41, 5.74) is 4.73. The third-order valence-corrected chi connectivity index (χ3v) is 27.1. The number of fused-ring (bicyclic) bond motifs is 3. The Hall–Kier alpha value is -10.3. The molecule has 17 radical (unpaired) electrons. The SMILES string of the molecule is [B]B=S(=B[B])(B([B])[B])C(=O)CNCC(CC(C)C)NC(=O)C(Cc1ccccc1)NC(=O)CNC(=O)C(CCC(=O)NCC(=O)NC(Cc1ccccc1)C(=O)NC(CC(C)C)C(=O)NCC(=O)S(=B[B])(=B[B])B([B])[B])NC(=O)C(CCC(=O)NCC(=O)NC(Cc1ccccc1)C(=O)NC(CC(C)C)C(=O)NCC(=O)P=C=[B])NC(=O)OCC1c2ccccc2-c2ccccc21. The van der Waals surface area contributed by atoms with Crippen LogP contribution in [0.2, 0.25) is 0 Å². The van der Waals surface area contributed by atoms with Crippen LogP contribution in [0.1, 0.15) is 120 Å². The Labute approximate surface area is 788 Å². The van der Waals surface area contributed by atoms with Crippen LogP contribution in [0.5, 0.6) is 0 Å². The Balaban J connectivity index is 1.29. The summed E-state index contributed by atoms with van der Waals surface area (Å²) in [6.07, 6.45) is -3.49. The van der Waals surface area contributed by atoms with Crippen LogP contribution < -0.4 is 74.4 Å². The topological polar surface area (TPSA) is 451 Å². The number of carbonyl (C=O) groups is 16. The van der Waals surface area contributed by atoms with Gasteiger partial charge in [-0.2, -0.15) is 0 Å². The van der Waals surface area contributed by atoms with Gasteiger partial charge in [0, 0.05) is 18.8 Å². The van der Waals surface area contributed by atoms with Crippen LogP contribution in [0.15, 0.2) is 140 Å². The number of nitrogens with one attached hydrogen (secondary N) is 14. The van der Waals surface area contributed by atoms with Gasteiger partial charge < -0.3 is 31.3 Å². The molecule has 0 aromatic heterocycles. The minimum Gasteiger partial charge on any atom is -0.449 e. The van der Waals surface area contributed by atoms with Gasteiger partial charge in [0.05, 0.1) is 6.54 Å². The number of benzene rings is 5. The fourth-order valence-electron chi connectivity index (χ4n) is 14.2. The van der Waals surface area contributed by atoms with E-state index < -0.39 is 234 Å². The molecule has 132 heavy (non-hydrogen) atoms. The quantitative estimate of drug-likeness (QED) is 0.0139. The summed E-state index contributed by atoms with van der Waals surface area (Å²) in [4.78, 5) is 224. The average Bonchev–Trinajstić information content (AvgIpc) is 1.59. The Morgan fingerprint density at radius 1 is 0.386 bits per heavy atom. The molecule has 0 bridgehead atoms. The molecule has 8 atom stereocenters. The van der Waals surface area contributed by atoms with E-state index in [0.29, 0.717) is 23.1 Å². The Kier molecular flexibility index (Phi) is 47.4. The standard InChI is InChI=1S/C83H103B15N14O17PS2/c1-49(2)34-55(40-99-45-74(119)131(93-85,94-86)97(89)90)105-80(125)65(37-52-20-10-7-11-21-52)106-72(117)43-102-76(121)61(30-32-68(113)100-41-70(115)108-67(39-54-24-14-9-15-25-54)82(127)111-64(36-51(5)6)78(123)104-46-75(120)132(95-87,96-88)98(91)92)109-79(124)62(112-83(128)129-47-60-58-28-18-16-26-56(58)57-27-17-19-29-59(57)60)31-33-69(114)101-42-71(116)107-66(38-53-22-12-8-13-23-53)81(126)110-63(35-50(3)4)77(122)103-44-73(118)130-48-84/h7-29,49-51,55,60-67,99H,30-47H2,1-6H3,(H,100,113)(H,101,114)(H,102,121)(H,103,122)(H,104,123)(H,105,125)(H,106,117)(H,107,116)(H,108,115)(H,109,124)(H,110,126)(H,111,127)(H,112,128). The second-order valence-electron chi connectivity index (χ2n) is 32.5. The van der Waals surface area contributed by atoms with Gasteiger partial charge in [-0.25, -0.2) is 4.79 Å². The van der Waals surface area contributed by atoms with Crippen LogP contribution in [0.3, 0.4) is 0 Å². The zero-order valence-electron chi connectivity index (χ0n) is 74.8. The van der Waals surface area contributed by atoms with Gasteiger partial charge in [-0.05, 0) is 35.1 Å². The first kappa shape index (κ1) is 110. The predicted octanol–water partition coefficient (Wildman–Crippen LogP) is -2.72. The van der Waals surface area contributed by atoms with E-state index in [9.17, 15) is 71.9 Å². The summed E-state index contributed by atoms with van der Waals surface area (Å²) in [6.45, 7) is 6.96. The molecular formula is C83H103B15N14O17PS2. The molecule has 0 heterocycles. The third kappa shape index (κ3) is 35.9. The van der Waals surface area contributed by atoms with E-state index in [1.165, 1.54) is 0 Å². The number of rotatable bonds is 52. The van der Waals surface area contributed by atoms with E-state index in [1.807, 2.05) is 76.2 Å². The monoisotopic (exact) mass is 1830 g/mol. The summed E-state index contributed by atoms with van der Waals surface area (Å²) in [5.74, 6) is -14.0. The second kappa shape index (κ2) is 56.7. The van der Waals surface area contributed by atoms with Crippen molar-refractivity contribution < 1.29 is 81.4 Å². The van der Waals surface area contributed by atoms with Gasteiger partial charge in [-0.3, -0.25) is 24.0 Å². The molecule has 0 saturated heterocycles. The summed E-state index contributed by atoms with van der Waals surface area (Å²) >= 11 is 0. The Bertz CT molecular complexity index is 5160. The summed E-state index contributed by atoms with van der Waals surface area (Å²) in [5, 5.41) is 37.7.